The Labute approximate surface area is 145 Å². The van der Waals surface area contributed by atoms with Crippen molar-refractivity contribution in [1.82, 2.24) is 25.5 Å². The molecule has 3 rings (SSSR count). The number of aromatic nitrogens is 4. The van der Waals surface area contributed by atoms with Crippen LogP contribution in [0.4, 0.5) is 10.5 Å². The zero-order valence-corrected chi connectivity index (χ0v) is 14.5. The van der Waals surface area contributed by atoms with Crippen LogP contribution >= 0.6 is 0 Å². The topological polar surface area (TPSA) is 108 Å². The van der Waals surface area contributed by atoms with Crippen LogP contribution < -0.4 is 10.6 Å². The lowest BCUT2D eigenvalue weighted by molar-refractivity contribution is 0.0530. The van der Waals surface area contributed by atoms with Crippen LogP contribution in [0, 0.1) is 0 Å². The summed E-state index contributed by atoms with van der Waals surface area (Å²) in [7, 11) is 0. The molecule has 0 bridgehead atoms. The predicted molar refractivity (Wildman–Crippen MR) is 96.4 cm³/mol. The number of aromatic amines is 2. The third-order valence-electron chi connectivity index (χ3n) is 3.36. The van der Waals surface area contributed by atoms with Crippen LogP contribution in [0.1, 0.15) is 20.8 Å². The maximum atomic E-state index is 11.6. The Balaban J connectivity index is 1.58. The third kappa shape index (κ3) is 4.28. The highest BCUT2D eigenvalue weighted by Gasteiger charge is 2.16. The van der Waals surface area contributed by atoms with Gasteiger partial charge in [0.15, 0.2) is 11.5 Å². The van der Waals surface area contributed by atoms with E-state index in [1.165, 1.54) is 0 Å². The van der Waals surface area contributed by atoms with E-state index in [2.05, 4.69) is 30.8 Å². The molecular formula is C17H22N6O2. The van der Waals surface area contributed by atoms with Gasteiger partial charge in [-0.2, -0.15) is 5.10 Å². The Morgan fingerprint density at radius 2 is 2.04 bits per heavy atom. The molecule has 1 aromatic carbocycles. The molecule has 4 N–H and O–H groups in total. The summed E-state index contributed by atoms with van der Waals surface area (Å²) in [5.41, 5.74) is 2.85. The Morgan fingerprint density at radius 3 is 2.80 bits per heavy atom. The molecule has 0 radical (unpaired) electrons. The number of anilines is 1. The molecule has 2 aromatic heterocycles. The summed E-state index contributed by atoms with van der Waals surface area (Å²) in [5, 5.41) is 13.0. The maximum Gasteiger partial charge on any atom is 0.407 e. The van der Waals surface area contributed by atoms with Crippen LogP contribution in [0.5, 0.6) is 0 Å². The largest absolute Gasteiger partial charge is 0.444 e. The second-order valence-corrected chi connectivity index (χ2v) is 6.61. The van der Waals surface area contributed by atoms with Crippen molar-refractivity contribution >= 4 is 22.8 Å². The van der Waals surface area contributed by atoms with Crippen molar-refractivity contribution in [2.75, 3.05) is 18.4 Å². The Bertz CT molecular complexity index is 828. The molecule has 132 valence electrons. The van der Waals surface area contributed by atoms with Crippen LogP contribution in [0.2, 0.25) is 0 Å². The summed E-state index contributed by atoms with van der Waals surface area (Å²) in [6, 6.07) is 7.81. The van der Waals surface area contributed by atoms with Crippen molar-refractivity contribution in [3.05, 3.63) is 30.5 Å². The molecule has 0 unspecified atom stereocenters. The lowest BCUT2D eigenvalue weighted by Gasteiger charge is -2.19. The van der Waals surface area contributed by atoms with Gasteiger partial charge in [0.1, 0.15) is 5.60 Å². The SMILES string of the molecule is CC(C)(C)OC(=O)NCCNc1c[nH]nc1-c1nc2ccccc2[nH]1. The standard InChI is InChI=1S/C17H22N6O2/c1-17(2,3)25-16(24)19-9-8-18-13-10-20-23-14(13)15-21-11-6-4-5-7-12(11)22-15/h4-7,10,18H,8-9H2,1-3H3,(H,19,24)(H,20,23)(H,21,22). The Kier molecular flexibility index (Phi) is 4.60. The van der Waals surface area contributed by atoms with Gasteiger partial charge in [-0.15, -0.1) is 0 Å². The molecule has 1 amide bonds. The smallest absolute Gasteiger partial charge is 0.407 e. The number of alkyl carbamates (subject to hydrolysis) is 1. The van der Waals surface area contributed by atoms with Gasteiger partial charge in [-0.25, -0.2) is 9.78 Å². The molecule has 0 saturated carbocycles. The quantitative estimate of drug-likeness (QED) is 0.533. The number of hydrogen-bond acceptors (Lipinski definition) is 5. The maximum absolute atomic E-state index is 11.6. The first-order valence-electron chi connectivity index (χ1n) is 8.12. The minimum Gasteiger partial charge on any atom is -0.444 e. The van der Waals surface area contributed by atoms with Gasteiger partial charge >= 0.3 is 6.09 Å². The highest BCUT2D eigenvalue weighted by atomic mass is 16.6. The van der Waals surface area contributed by atoms with Crippen molar-refractivity contribution in [2.24, 2.45) is 0 Å². The predicted octanol–water partition coefficient (Wildman–Crippen LogP) is 2.89. The third-order valence-corrected chi connectivity index (χ3v) is 3.36. The van der Waals surface area contributed by atoms with E-state index in [1.54, 1.807) is 6.20 Å². The first-order valence-corrected chi connectivity index (χ1v) is 8.12. The monoisotopic (exact) mass is 342 g/mol. The van der Waals surface area contributed by atoms with Crippen LogP contribution in [-0.2, 0) is 4.74 Å². The second-order valence-electron chi connectivity index (χ2n) is 6.61. The van der Waals surface area contributed by atoms with Crippen molar-refractivity contribution in [2.45, 2.75) is 26.4 Å². The summed E-state index contributed by atoms with van der Waals surface area (Å²) in [6.07, 6.45) is 1.33. The first kappa shape index (κ1) is 16.8. The van der Waals surface area contributed by atoms with Gasteiger partial charge < -0.3 is 20.4 Å². The molecule has 8 nitrogen and oxygen atoms in total. The molecule has 3 aromatic rings. The number of carbonyl (C=O) groups is 1. The molecule has 0 atom stereocenters. The summed E-state index contributed by atoms with van der Waals surface area (Å²) >= 11 is 0. The van der Waals surface area contributed by atoms with Gasteiger partial charge in [-0.3, -0.25) is 5.10 Å². The molecular weight excluding hydrogens is 320 g/mol. The van der Waals surface area contributed by atoms with Crippen molar-refractivity contribution < 1.29 is 9.53 Å². The van der Waals surface area contributed by atoms with Crippen LogP contribution in [0.3, 0.4) is 0 Å². The van der Waals surface area contributed by atoms with E-state index < -0.39 is 11.7 Å². The summed E-state index contributed by atoms with van der Waals surface area (Å²) in [6.45, 7) is 6.45. The summed E-state index contributed by atoms with van der Waals surface area (Å²) < 4.78 is 5.19. The fraction of sp³-hybridized carbons (Fsp3) is 0.353. The van der Waals surface area contributed by atoms with Crippen molar-refractivity contribution in [1.29, 1.82) is 0 Å². The van der Waals surface area contributed by atoms with Crippen LogP contribution in [0.25, 0.3) is 22.6 Å². The van der Waals surface area contributed by atoms with Crippen molar-refractivity contribution in [3.8, 4) is 11.5 Å². The summed E-state index contributed by atoms with van der Waals surface area (Å²) in [4.78, 5) is 19.4. The van der Waals surface area contributed by atoms with Gasteiger partial charge in [0.05, 0.1) is 16.7 Å². The van der Waals surface area contributed by atoms with E-state index in [4.69, 9.17) is 4.74 Å². The molecule has 0 aliphatic carbocycles. The lowest BCUT2D eigenvalue weighted by Crippen LogP contribution is -2.35. The molecule has 0 fully saturated rings. The molecule has 8 heteroatoms. The highest BCUT2D eigenvalue weighted by Crippen LogP contribution is 2.24. The van der Waals surface area contributed by atoms with E-state index in [0.29, 0.717) is 24.6 Å². The number of nitrogens with one attached hydrogen (secondary N) is 4. The molecule has 0 aliphatic rings. The van der Waals surface area contributed by atoms with Gasteiger partial charge in [0.25, 0.3) is 0 Å². The normalized spacial score (nSPS) is 11.5. The number of benzene rings is 1. The number of nitrogens with zero attached hydrogens (tertiary/aromatic N) is 2. The fourth-order valence-corrected chi connectivity index (χ4v) is 2.35. The number of fused-ring (bicyclic) bond motifs is 1. The van der Waals surface area contributed by atoms with Crippen LogP contribution in [0.15, 0.2) is 30.5 Å². The number of amides is 1. The number of para-hydroxylation sites is 2. The Morgan fingerprint density at radius 1 is 1.24 bits per heavy atom. The van der Waals surface area contributed by atoms with E-state index in [0.717, 1.165) is 16.7 Å². The summed E-state index contributed by atoms with van der Waals surface area (Å²) in [5.74, 6) is 0.685. The fourth-order valence-electron chi connectivity index (χ4n) is 2.35. The van der Waals surface area contributed by atoms with Crippen LogP contribution in [-0.4, -0.2) is 44.9 Å². The number of carbonyl (C=O) groups excluding carboxylic acids is 1. The minimum atomic E-state index is -0.503. The van der Waals surface area contributed by atoms with E-state index in [1.807, 2.05) is 45.0 Å². The molecule has 0 saturated heterocycles. The highest BCUT2D eigenvalue weighted by molar-refractivity contribution is 5.81. The zero-order chi connectivity index (χ0) is 17.9. The van der Waals surface area contributed by atoms with Crippen molar-refractivity contribution in [3.63, 3.8) is 0 Å². The van der Waals surface area contributed by atoms with E-state index >= 15 is 0 Å². The lowest BCUT2D eigenvalue weighted by atomic mass is 10.2. The molecule has 0 aliphatic heterocycles. The Hall–Kier alpha value is -3.03. The second kappa shape index (κ2) is 6.84. The van der Waals surface area contributed by atoms with Gasteiger partial charge in [0, 0.05) is 19.3 Å². The number of hydrogen-bond donors (Lipinski definition) is 4. The average molecular weight is 342 g/mol. The zero-order valence-electron chi connectivity index (χ0n) is 14.5. The molecule has 0 spiro atoms. The van der Waals surface area contributed by atoms with Gasteiger partial charge in [-0.1, -0.05) is 12.1 Å². The average Bonchev–Trinajstić information content (AvgIpc) is 3.15. The van der Waals surface area contributed by atoms with Gasteiger partial charge in [0.2, 0.25) is 0 Å². The van der Waals surface area contributed by atoms with E-state index in [-0.39, 0.29) is 0 Å². The number of rotatable bonds is 5. The molecule has 2 heterocycles. The van der Waals surface area contributed by atoms with E-state index in [9.17, 15) is 4.79 Å². The number of ether oxygens (including phenoxy) is 1. The van der Waals surface area contributed by atoms with Gasteiger partial charge in [-0.05, 0) is 32.9 Å². The minimum absolute atomic E-state index is 0.430. The molecule has 25 heavy (non-hydrogen) atoms. The first-order chi connectivity index (χ1) is 11.9. The number of H-pyrrole nitrogens is 2. The number of imidazole rings is 1.